The molecule has 0 saturated carbocycles. The number of rotatable bonds is 6. The van der Waals surface area contributed by atoms with Gasteiger partial charge in [-0.15, -0.1) is 0 Å². The zero-order valence-corrected chi connectivity index (χ0v) is 25.6. The zero-order chi connectivity index (χ0) is 31.2. The van der Waals surface area contributed by atoms with E-state index in [1.807, 2.05) is 18.2 Å². The van der Waals surface area contributed by atoms with Gasteiger partial charge < -0.3 is 24.3 Å². The van der Waals surface area contributed by atoms with E-state index >= 15 is 0 Å². The summed E-state index contributed by atoms with van der Waals surface area (Å²) in [6.07, 6.45) is 2.78. The van der Waals surface area contributed by atoms with Crippen LogP contribution in [-0.2, 0) is 17.8 Å². The highest BCUT2D eigenvalue weighted by atomic mass is 35.5. The summed E-state index contributed by atoms with van der Waals surface area (Å²) in [4.78, 5) is 34.1. The number of nitrogens with zero attached hydrogens (tertiary/aromatic N) is 7. The van der Waals surface area contributed by atoms with Crippen LogP contribution in [0, 0.1) is 18.3 Å². The van der Waals surface area contributed by atoms with Crippen molar-refractivity contribution in [2.75, 3.05) is 62.2 Å². The van der Waals surface area contributed by atoms with E-state index in [4.69, 9.17) is 32.9 Å². The van der Waals surface area contributed by atoms with E-state index in [2.05, 4.69) is 26.1 Å². The van der Waals surface area contributed by atoms with Crippen LogP contribution in [0.3, 0.4) is 0 Å². The summed E-state index contributed by atoms with van der Waals surface area (Å²) in [7, 11) is 0. The summed E-state index contributed by atoms with van der Waals surface area (Å²) >= 11 is 6.50. The number of piperazine rings is 1. The van der Waals surface area contributed by atoms with Crippen LogP contribution in [0.25, 0.3) is 15.6 Å². The van der Waals surface area contributed by atoms with Gasteiger partial charge in [0.05, 0.1) is 17.3 Å². The molecule has 8 rings (SSSR count). The van der Waals surface area contributed by atoms with Crippen molar-refractivity contribution in [3.63, 3.8) is 0 Å². The first kappa shape index (κ1) is 29.7. The lowest BCUT2D eigenvalue weighted by atomic mass is 9.86. The number of aromatic nitrogens is 2. The molecule has 1 aromatic heterocycles. The van der Waals surface area contributed by atoms with E-state index < -0.39 is 23.6 Å². The minimum Gasteiger partial charge on any atom is -0.458 e. The highest BCUT2D eigenvalue weighted by molar-refractivity contribution is 6.36. The first-order valence-electron chi connectivity index (χ1n) is 15.4. The van der Waals surface area contributed by atoms with Crippen molar-refractivity contribution in [2.24, 2.45) is 5.92 Å². The third kappa shape index (κ3) is 5.55. The van der Waals surface area contributed by atoms with E-state index in [1.165, 1.54) is 11.0 Å². The van der Waals surface area contributed by atoms with Gasteiger partial charge in [-0.2, -0.15) is 9.97 Å². The Hall–Kier alpha value is -4.01. The number of hydrogen-bond acceptors (Lipinski definition) is 7. The fraction of sp³-hybridized carbons (Fsp3) is 0.455. The second kappa shape index (κ2) is 12.1. The van der Waals surface area contributed by atoms with Gasteiger partial charge in [0.1, 0.15) is 23.8 Å². The summed E-state index contributed by atoms with van der Waals surface area (Å²) in [6.45, 7) is 15.7. The maximum Gasteiger partial charge on any atom is 0.319 e. The summed E-state index contributed by atoms with van der Waals surface area (Å²) < 4.78 is 35.0. The number of carbonyl (C=O) groups is 1. The third-order valence-corrected chi connectivity index (χ3v) is 10.1. The number of piperidine rings is 3. The van der Waals surface area contributed by atoms with Crippen LogP contribution in [0.1, 0.15) is 24.1 Å². The molecule has 0 N–H and O–H groups in total. The number of ether oxygens (including phenoxy) is 1. The predicted octanol–water partition coefficient (Wildman–Crippen LogP) is 4.88. The number of halogens is 3. The highest BCUT2D eigenvalue weighted by Gasteiger charge is 2.38. The third-order valence-electron chi connectivity index (χ3n) is 9.71. The van der Waals surface area contributed by atoms with Crippen molar-refractivity contribution < 1.29 is 18.3 Å². The Kier molecular flexibility index (Phi) is 7.96. The molecule has 0 radical (unpaired) electrons. The molecule has 6 heterocycles. The lowest BCUT2D eigenvalue weighted by molar-refractivity contribution is -0.131. The van der Waals surface area contributed by atoms with Crippen LogP contribution in [0.5, 0.6) is 6.01 Å². The van der Waals surface area contributed by atoms with Gasteiger partial charge in [0.25, 0.3) is 5.91 Å². The van der Waals surface area contributed by atoms with Gasteiger partial charge in [0.2, 0.25) is 6.54 Å². The van der Waals surface area contributed by atoms with Crippen LogP contribution >= 0.6 is 11.6 Å². The average molecular weight is 634 g/mol. The molecule has 5 aliphatic heterocycles. The maximum atomic E-state index is 14.6. The van der Waals surface area contributed by atoms with Crippen molar-refractivity contribution >= 4 is 39.8 Å². The van der Waals surface area contributed by atoms with Crippen molar-refractivity contribution in [1.29, 1.82) is 0 Å². The molecule has 2 bridgehead atoms. The molecule has 234 valence electrons. The van der Waals surface area contributed by atoms with Gasteiger partial charge >= 0.3 is 6.01 Å². The van der Waals surface area contributed by atoms with Gasteiger partial charge in [-0.25, -0.2) is 15.4 Å². The summed E-state index contributed by atoms with van der Waals surface area (Å²) in [6, 6.07) is 8.74. The molecule has 45 heavy (non-hydrogen) atoms. The lowest BCUT2D eigenvalue weighted by Crippen LogP contribution is -2.57. The first-order valence-corrected chi connectivity index (χ1v) is 15.8. The molecule has 9 nitrogen and oxygen atoms in total. The average Bonchev–Trinajstić information content (AvgIpc) is 3.06. The Morgan fingerprint density at radius 3 is 2.64 bits per heavy atom. The number of carbonyl (C=O) groups excluding carboxylic acids is 1. The molecule has 4 fully saturated rings. The van der Waals surface area contributed by atoms with Crippen LogP contribution in [0.2, 0.25) is 5.02 Å². The zero-order valence-electron chi connectivity index (χ0n) is 24.9. The monoisotopic (exact) mass is 633 g/mol. The molecule has 3 aromatic rings. The molecule has 2 aromatic carbocycles. The minimum atomic E-state index is -1.03. The van der Waals surface area contributed by atoms with Gasteiger partial charge in [0, 0.05) is 49.4 Å². The molecule has 1 amide bonds. The number of hydrogen-bond donors (Lipinski definition) is 0. The molecule has 5 aliphatic rings. The Bertz CT molecular complexity index is 1710. The Balaban J connectivity index is 1.25. The quantitative estimate of drug-likeness (QED) is 0.283. The molecular weight excluding hydrogens is 600 g/mol. The summed E-state index contributed by atoms with van der Waals surface area (Å²) in [5.41, 5.74) is 2.61. The van der Waals surface area contributed by atoms with E-state index in [9.17, 15) is 13.6 Å². The van der Waals surface area contributed by atoms with Crippen molar-refractivity contribution in [2.45, 2.75) is 38.0 Å². The normalized spacial score (nSPS) is 24.4. The summed E-state index contributed by atoms with van der Waals surface area (Å²) in [5, 5.41) is 1.62. The maximum absolute atomic E-state index is 14.6. The van der Waals surface area contributed by atoms with Crippen LogP contribution in [-0.4, -0.2) is 90.2 Å². The van der Waals surface area contributed by atoms with E-state index in [1.54, 1.807) is 6.07 Å². The predicted molar refractivity (Wildman–Crippen MR) is 169 cm³/mol. The molecular formula is C33H34ClF2N7O2. The Morgan fingerprint density at radius 2 is 1.91 bits per heavy atom. The molecule has 4 saturated heterocycles. The van der Waals surface area contributed by atoms with E-state index in [-0.39, 0.29) is 24.2 Å². The Labute approximate surface area is 265 Å². The van der Waals surface area contributed by atoms with Crippen molar-refractivity contribution in [3.8, 4) is 6.01 Å². The van der Waals surface area contributed by atoms with Gasteiger partial charge in [0.15, 0.2) is 5.83 Å². The van der Waals surface area contributed by atoms with E-state index in [0.717, 1.165) is 60.6 Å². The second-order valence-electron chi connectivity index (χ2n) is 12.3. The van der Waals surface area contributed by atoms with E-state index in [0.29, 0.717) is 49.9 Å². The molecule has 2 atom stereocenters. The first-order chi connectivity index (χ1) is 21.8. The molecule has 0 spiro atoms. The smallest absolute Gasteiger partial charge is 0.319 e. The van der Waals surface area contributed by atoms with Crippen LogP contribution in [0.4, 0.5) is 20.3 Å². The largest absolute Gasteiger partial charge is 0.458 e. The van der Waals surface area contributed by atoms with Gasteiger partial charge in [-0.1, -0.05) is 36.4 Å². The lowest BCUT2D eigenvalue weighted by Gasteiger charge is -2.44. The highest BCUT2D eigenvalue weighted by Crippen LogP contribution is 2.39. The molecule has 1 unspecified atom stereocenters. The number of anilines is 2. The number of amides is 1. The van der Waals surface area contributed by atoms with Crippen LogP contribution < -0.4 is 14.5 Å². The van der Waals surface area contributed by atoms with Gasteiger partial charge in [-0.3, -0.25) is 9.69 Å². The molecule has 0 aliphatic carbocycles. The number of benzene rings is 2. The Morgan fingerprint density at radius 1 is 1.09 bits per heavy atom. The fourth-order valence-corrected chi connectivity index (χ4v) is 7.64. The minimum absolute atomic E-state index is 0.00200. The van der Waals surface area contributed by atoms with Crippen molar-refractivity contribution in [1.82, 2.24) is 19.8 Å². The SMILES string of the molecule is [C-]#[N+]C[C@H]1CN(c2nc(OC3CN4CCC3CC4)nc3c2CCN(c2cccc4ccc(F)c(Cl)c24)C3)CCN1C(=O)C(=C)F. The van der Waals surface area contributed by atoms with Crippen LogP contribution in [0.15, 0.2) is 42.7 Å². The number of fused-ring (bicyclic) bond motifs is 5. The van der Waals surface area contributed by atoms with Gasteiger partial charge in [-0.05, 0) is 55.8 Å². The summed E-state index contributed by atoms with van der Waals surface area (Å²) in [5.74, 6) is -1.10. The topological polar surface area (TPSA) is 69.4 Å². The fourth-order valence-electron chi connectivity index (χ4n) is 7.38. The molecule has 12 heteroatoms. The standard InChI is InChI=1S/C33H34ClF2N7O2/c1-20(35)32(44)43-15-14-42(17-23(43)16-37-2)31-24-10-13-41(27-5-3-4-22-6-7-25(36)30(34)29(22)27)18-26(24)38-33(39-31)45-28-19-40-11-8-21(28)9-12-40/h3-7,21,23,28H,1,8-19H2/t23-,28?/m0/s1. The van der Waals surface area contributed by atoms with Crippen molar-refractivity contribution in [3.05, 3.63) is 76.3 Å². The second-order valence-corrected chi connectivity index (χ2v) is 12.7.